The van der Waals surface area contributed by atoms with Crippen LogP contribution in [0.1, 0.15) is 10.4 Å². The Morgan fingerprint density at radius 1 is 1.05 bits per heavy atom. The molecule has 0 spiro atoms. The number of hydrogen-bond donors (Lipinski definition) is 2. The highest BCUT2D eigenvalue weighted by molar-refractivity contribution is 6.33. The van der Waals surface area contributed by atoms with E-state index in [9.17, 15) is 13.6 Å². The number of halogens is 3. The largest absolute Gasteiger partial charge is 0.478 e. The molecule has 0 aliphatic rings. The lowest BCUT2D eigenvalue weighted by molar-refractivity contribution is 0.0697. The molecule has 2 N–H and O–H groups in total. The molecule has 6 heteroatoms. The first-order valence-electron chi connectivity index (χ1n) is 5.23. The topological polar surface area (TPSA) is 49.3 Å². The van der Waals surface area contributed by atoms with E-state index in [1.165, 1.54) is 24.3 Å². The Morgan fingerprint density at radius 3 is 2.21 bits per heavy atom. The van der Waals surface area contributed by atoms with E-state index in [0.717, 1.165) is 12.1 Å². The Labute approximate surface area is 112 Å². The van der Waals surface area contributed by atoms with Gasteiger partial charge in [0.05, 0.1) is 22.0 Å². The van der Waals surface area contributed by atoms with Crippen LogP contribution in [0.4, 0.5) is 20.2 Å². The minimum absolute atomic E-state index is 0.0274. The maximum absolute atomic E-state index is 13.7. The van der Waals surface area contributed by atoms with Gasteiger partial charge in [-0.25, -0.2) is 13.6 Å². The van der Waals surface area contributed by atoms with E-state index < -0.39 is 17.6 Å². The Bertz CT molecular complexity index is 626. The van der Waals surface area contributed by atoms with Crippen molar-refractivity contribution in [2.75, 3.05) is 5.32 Å². The summed E-state index contributed by atoms with van der Waals surface area (Å²) < 4.78 is 27.3. The Morgan fingerprint density at radius 2 is 1.63 bits per heavy atom. The molecule has 2 aromatic carbocycles. The number of benzene rings is 2. The third kappa shape index (κ3) is 2.66. The minimum atomic E-state index is -1.32. The first-order valence-corrected chi connectivity index (χ1v) is 5.61. The maximum Gasteiger partial charge on any atom is 0.337 e. The lowest BCUT2D eigenvalue weighted by atomic mass is 10.1. The SMILES string of the molecule is O=C(O)c1cccc(F)c1Nc1c(F)cccc1Cl. The van der Waals surface area contributed by atoms with Crippen LogP contribution in [-0.2, 0) is 0 Å². The van der Waals surface area contributed by atoms with Crippen molar-refractivity contribution in [2.24, 2.45) is 0 Å². The quantitative estimate of drug-likeness (QED) is 0.893. The van der Waals surface area contributed by atoms with Crippen LogP contribution in [-0.4, -0.2) is 11.1 Å². The molecule has 0 amide bonds. The van der Waals surface area contributed by atoms with Gasteiger partial charge in [0, 0.05) is 0 Å². The van der Waals surface area contributed by atoms with Gasteiger partial charge in [-0.15, -0.1) is 0 Å². The zero-order chi connectivity index (χ0) is 14.0. The van der Waals surface area contributed by atoms with Gasteiger partial charge in [0.2, 0.25) is 0 Å². The Balaban J connectivity index is 2.52. The molecule has 0 radical (unpaired) electrons. The number of hydrogen-bond acceptors (Lipinski definition) is 2. The highest BCUT2D eigenvalue weighted by atomic mass is 35.5. The zero-order valence-corrected chi connectivity index (χ0v) is 10.2. The second kappa shape index (κ2) is 5.24. The third-order valence-electron chi connectivity index (χ3n) is 2.46. The number of carboxylic acid groups (broad SMARTS) is 1. The van der Waals surface area contributed by atoms with Crippen molar-refractivity contribution in [3.05, 3.63) is 58.6 Å². The van der Waals surface area contributed by atoms with Crippen molar-refractivity contribution in [1.82, 2.24) is 0 Å². The summed E-state index contributed by atoms with van der Waals surface area (Å²) >= 11 is 5.79. The predicted molar refractivity (Wildman–Crippen MR) is 68.1 cm³/mol. The molecule has 0 bridgehead atoms. The molecule has 0 unspecified atom stereocenters. The summed E-state index contributed by atoms with van der Waals surface area (Å²) in [4.78, 5) is 11.0. The van der Waals surface area contributed by atoms with Gasteiger partial charge < -0.3 is 10.4 Å². The molecule has 0 aromatic heterocycles. The predicted octanol–water partition coefficient (Wildman–Crippen LogP) is 4.06. The highest BCUT2D eigenvalue weighted by Crippen LogP contribution is 2.31. The van der Waals surface area contributed by atoms with E-state index in [2.05, 4.69) is 5.32 Å². The molecule has 2 aromatic rings. The summed E-state index contributed by atoms with van der Waals surface area (Å²) in [6.45, 7) is 0. The molecular weight excluding hydrogens is 276 g/mol. The molecule has 0 atom stereocenters. The lowest BCUT2D eigenvalue weighted by Crippen LogP contribution is -2.06. The van der Waals surface area contributed by atoms with Crippen molar-refractivity contribution in [3.8, 4) is 0 Å². The van der Waals surface area contributed by atoms with E-state index in [4.69, 9.17) is 16.7 Å². The molecule has 3 nitrogen and oxygen atoms in total. The fourth-order valence-corrected chi connectivity index (χ4v) is 1.78. The Hall–Kier alpha value is -2.14. The van der Waals surface area contributed by atoms with Crippen LogP contribution in [0.15, 0.2) is 36.4 Å². The van der Waals surface area contributed by atoms with E-state index in [1.54, 1.807) is 0 Å². The summed E-state index contributed by atoms with van der Waals surface area (Å²) in [5.74, 6) is -2.83. The molecule has 0 fully saturated rings. The summed E-state index contributed by atoms with van der Waals surface area (Å²) in [6.07, 6.45) is 0. The van der Waals surface area contributed by atoms with E-state index >= 15 is 0 Å². The highest BCUT2D eigenvalue weighted by Gasteiger charge is 2.17. The minimum Gasteiger partial charge on any atom is -0.478 e. The summed E-state index contributed by atoms with van der Waals surface area (Å²) in [6, 6.07) is 7.48. The fourth-order valence-electron chi connectivity index (χ4n) is 1.57. The number of rotatable bonds is 3. The van der Waals surface area contributed by atoms with Crippen LogP contribution in [0.2, 0.25) is 5.02 Å². The van der Waals surface area contributed by atoms with Crippen molar-refractivity contribution in [1.29, 1.82) is 0 Å². The number of nitrogens with one attached hydrogen (secondary N) is 1. The standard InChI is InChI=1S/C13H8ClF2NO2/c14-8-4-2-6-10(16)12(8)17-11-7(13(18)19)3-1-5-9(11)15/h1-6,17H,(H,18,19). The normalized spacial score (nSPS) is 10.3. The van der Waals surface area contributed by atoms with Gasteiger partial charge in [0.15, 0.2) is 0 Å². The van der Waals surface area contributed by atoms with Gasteiger partial charge in [0.1, 0.15) is 11.6 Å². The monoisotopic (exact) mass is 283 g/mol. The molecular formula is C13H8ClF2NO2. The molecule has 0 saturated carbocycles. The van der Waals surface area contributed by atoms with Gasteiger partial charge in [0.25, 0.3) is 0 Å². The van der Waals surface area contributed by atoms with E-state index in [-0.39, 0.29) is 22.0 Å². The van der Waals surface area contributed by atoms with Gasteiger partial charge in [-0.2, -0.15) is 0 Å². The van der Waals surface area contributed by atoms with Crippen molar-refractivity contribution in [3.63, 3.8) is 0 Å². The molecule has 0 heterocycles. The van der Waals surface area contributed by atoms with Crippen LogP contribution >= 0.6 is 11.6 Å². The zero-order valence-electron chi connectivity index (χ0n) is 9.45. The van der Waals surface area contributed by atoms with E-state index in [0.29, 0.717) is 0 Å². The number of carboxylic acids is 1. The molecule has 19 heavy (non-hydrogen) atoms. The fraction of sp³-hybridized carbons (Fsp3) is 0. The van der Waals surface area contributed by atoms with Gasteiger partial charge >= 0.3 is 5.97 Å². The average molecular weight is 284 g/mol. The van der Waals surface area contributed by atoms with Crippen molar-refractivity contribution >= 4 is 28.9 Å². The number of aromatic carboxylic acids is 1. The molecule has 0 aliphatic carbocycles. The number of anilines is 2. The van der Waals surface area contributed by atoms with Gasteiger partial charge in [-0.3, -0.25) is 0 Å². The van der Waals surface area contributed by atoms with Crippen molar-refractivity contribution in [2.45, 2.75) is 0 Å². The molecule has 2 rings (SSSR count). The molecule has 0 saturated heterocycles. The number of para-hydroxylation sites is 2. The second-order valence-corrected chi connectivity index (χ2v) is 4.10. The van der Waals surface area contributed by atoms with Crippen LogP contribution in [0.3, 0.4) is 0 Å². The summed E-state index contributed by atoms with van der Waals surface area (Å²) in [5.41, 5.74) is -0.807. The van der Waals surface area contributed by atoms with Crippen LogP contribution in [0.5, 0.6) is 0 Å². The summed E-state index contributed by atoms with van der Waals surface area (Å²) in [5, 5.41) is 11.4. The first-order chi connectivity index (χ1) is 9.00. The van der Waals surface area contributed by atoms with Crippen molar-refractivity contribution < 1.29 is 18.7 Å². The second-order valence-electron chi connectivity index (χ2n) is 3.69. The average Bonchev–Trinajstić information content (AvgIpc) is 2.35. The van der Waals surface area contributed by atoms with E-state index in [1.807, 2.05) is 0 Å². The smallest absolute Gasteiger partial charge is 0.337 e. The molecule has 0 aliphatic heterocycles. The molecule has 98 valence electrons. The van der Waals surface area contributed by atoms with Crippen LogP contribution < -0.4 is 5.32 Å². The maximum atomic E-state index is 13.7. The lowest BCUT2D eigenvalue weighted by Gasteiger charge is -2.12. The van der Waals surface area contributed by atoms with Crippen LogP contribution in [0, 0.1) is 11.6 Å². The first kappa shape index (κ1) is 13.3. The summed E-state index contributed by atoms with van der Waals surface area (Å²) in [7, 11) is 0. The number of carbonyl (C=O) groups is 1. The van der Waals surface area contributed by atoms with Gasteiger partial charge in [-0.05, 0) is 24.3 Å². The third-order valence-corrected chi connectivity index (χ3v) is 2.77. The van der Waals surface area contributed by atoms with Crippen LogP contribution in [0.25, 0.3) is 0 Å². The van der Waals surface area contributed by atoms with Gasteiger partial charge in [-0.1, -0.05) is 23.7 Å². The Kier molecular flexibility index (Phi) is 3.66.